The van der Waals surface area contributed by atoms with Crippen LogP contribution < -0.4 is 10.2 Å². The van der Waals surface area contributed by atoms with Crippen molar-refractivity contribution in [1.82, 2.24) is 19.7 Å². The largest absolute Gasteiger partial charge is 0.368 e. The molecule has 0 aromatic carbocycles. The highest BCUT2D eigenvalue weighted by molar-refractivity contribution is 5.49. The molecule has 0 bridgehead atoms. The fourth-order valence-corrected chi connectivity index (χ4v) is 2.29. The van der Waals surface area contributed by atoms with E-state index >= 15 is 0 Å². The van der Waals surface area contributed by atoms with Crippen LogP contribution in [-0.2, 0) is 13.1 Å². The van der Waals surface area contributed by atoms with Crippen LogP contribution in [0.25, 0.3) is 0 Å². The number of hydrogen-bond acceptors (Lipinski definition) is 5. The Balaban J connectivity index is 1.88. The Morgan fingerprint density at radius 1 is 1.29 bits per heavy atom. The minimum absolute atomic E-state index is 0.0836. The van der Waals surface area contributed by atoms with Gasteiger partial charge in [-0.2, -0.15) is 0 Å². The molecule has 2 aromatic rings. The first-order valence-electron chi connectivity index (χ1n) is 6.90. The van der Waals surface area contributed by atoms with Crippen molar-refractivity contribution in [1.29, 1.82) is 0 Å². The Morgan fingerprint density at radius 3 is 2.95 bits per heavy atom. The van der Waals surface area contributed by atoms with Crippen LogP contribution in [0.3, 0.4) is 0 Å². The van der Waals surface area contributed by atoms with Gasteiger partial charge in [-0.1, -0.05) is 6.92 Å². The molecule has 0 saturated carbocycles. The molecule has 0 atom stereocenters. The van der Waals surface area contributed by atoms with E-state index < -0.39 is 11.6 Å². The molecule has 1 aliphatic rings. The molecule has 3 rings (SSSR count). The molecule has 0 saturated heterocycles. The number of halogens is 2. The summed E-state index contributed by atoms with van der Waals surface area (Å²) in [6, 6.07) is 0.875. The fraction of sp³-hybridized carbons (Fsp3) is 0.462. The van der Waals surface area contributed by atoms with Crippen LogP contribution in [0.1, 0.15) is 19.2 Å². The summed E-state index contributed by atoms with van der Waals surface area (Å²) in [5, 5.41) is 10.7. The van der Waals surface area contributed by atoms with Gasteiger partial charge in [0, 0.05) is 25.7 Å². The molecule has 0 fully saturated rings. The van der Waals surface area contributed by atoms with Crippen molar-refractivity contribution in [3.05, 3.63) is 29.9 Å². The smallest absolute Gasteiger partial charge is 0.168 e. The third-order valence-electron chi connectivity index (χ3n) is 3.39. The van der Waals surface area contributed by atoms with Crippen LogP contribution in [0.4, 0.5) is 20.4 Å². The van der Waals surface area contributed by atoms with E-state index in [2.05, 4.69) is 20.5 Å². The van der Waals surface area contributed by atoms with E-state index in [4.69, 9.17) is 0 Å². The number of pyridine rings is 1. The van der Waals surface area contributed by atoms with Crippen LogP contribution in [0.2, 0.25) is 0 Å². The Bertz CT molecular complexity index is 642. The third kappa shape index (κ3) is 2.65. The zero-order valence-electron chi connectivity index (χ0n) is 11.7. The lowest BCUT2D eigenvalue weighted by atomic mass is 10.3. The van der Waals surface area contributed by atoms with E-state index in [1.54, 1.807) is 11.2 Å². The number of anilines is 2. The number of rotatable bonds is 4. The molecule has 0 aliphatic carbocycles. The number of aromatic nitrogens is 4. The molecule has 0 radical (unpaired) electrons. The molecule has 0 amide bonds. The van der Waals surface area contributed by atoms with Gasteiger partial charge < -0.3 is 14.8 Å². The van der Waals surface area contributed by atoms with Crippen molar-refractivity contribution >= 4 is 11.6 Å². The summed E-state index contributed by atoms with van der Waals surface area (Å²) >= 11 is 0. The molecule has 3 heterocycles. The van der Waals surface area contributed by atoms with Crippen molar-refractivity contribution in [3.63, 3.8) is 0 Å². The van der Waals surface area contributed by atoms with Gasteiger partial charge in [0.15, 0.2) is 29.1 Å². The number of nitrogens with one attached hydrogen (secondary N) is 1. The van der Waals surface area contributed by atoms with Crippen molar-refractivity contribution in [2.24, 2.45) is 0 Å². The highest BCUT2D eigenvalue weighted by Gasteiger charge is 2.23. The molecule has 6 nitrogen and oxygen atoms in total. The number of fused-ring (bicyclic) bond motifs is 1. The van der Waals surface area contributed by atoms with Crippen LogP contribution in [0, 0.1) is 11.6 Å². The van der Waals surface area contributed by atoms with Crippen molar-refractivity contribution in [2.45, 2.75) is 26.4 Å². The van der Waals surface area contributed by atoms with Crippen molar-refractivity contribution < 1.29 is 8.78 Å². The summed E-state index contributed by atoms with van der Waals surface area (Å²) in [4.78, 5) is 5.84. The maximum absolute atomic E-state index is 14.0. The van der Waals surface area contributed by atoms with Gasteiger partial charge in [0.05, 0.1) is 6.54 Å². The van der Waals surface area contributed by atoms with Crippen LogP contribution >= 0.6 is 0 Å². The fourth-order valence-electron chi connectivity index (χ4n) is 2.29. The maximum Gasteiger partial charge on any atom is 0.168 e. The van der Waals surface area contributed by atoms with Crippen LogP contribution in [0.5, 0.6) is 0 Å². The summed E-state index contributed by atoms with van der Waals surface area (Å²) in [6.07, 6.45) is 2.48. The lowest BCUT2D eigenvalue weighted by Gasteiger charge is -2.28. The lowest BCUT2D eigenvalue weighted by molar-refractivity contribution is 0.529. The Labute approximate surface area is 120 Å². The molecule has 1 aliphatic heterocycles. The first kappa shape index (κ1) is 13.7. The molecule has 21 heavy (non-hydrogen) atoms. The van der Waals surface area contributed by atoms with Gasteiger partial charge in [-0.25, -0.2) is 13.8 Å². The molecular formula is C13H16F2N6. The second kappa shape index (κ2) is 5.63. The summed E-state index contributed by atoms with van der Waals surface area (Å²) in [6.45, 7) is 4.19. The molecule has 112 valence electrons. The van der Waals surface area contributed by atoms with Crippen LogP contribution in [0.15, 0.2) is 12.4 Å². The van der Waals surface area contributed by atoms with Crippen molar-refractivity contribution in [3.8, 4) is 0 Å². The molecule has 0 spiro atoms. The summed E-state index contributed by atoms with van der Waals surface area (Å²) in [5.41, 5.74) is 0. The zero-order chi connectivity index (χ0) is 14.8. The second-order valence-electron chi connectivity index (χ2n) is 4.91. The maximum atomic E-state index is 14.0. The second-order valence-corrected chi connectivity index (χ2v) is 4.91. The SMILES string of the molecule is CCCNc1nc(N2CCn3cnnc3C2)c(F)cc1F. The van der Waals surface area contributed by atoms with Gasteiger partial charge in [0.25, 0.3) is 0 Å². The van der Waals surface area contributed by atoms with Crippen LogP contribution in [-0.4, -0.2) is 32.8 Å². The van der Waals surface area contributed by atoms with Gasteiger partial charge in [0.2, 0.25) is 0 Å². The molecule has 1 N–H and O–H groups in total. The third-order valence-corrected chi connectivity index (χ3v) is 3.39. The van der Waals surface area contributed by atoms with Gasteiger partial charge >= 0.3 is 0 Å². The van der Waals surface area contributed by atoms with Gasteiger partial charge in [-0.15, -0.1) is 10.2 Å². The summed E-state index contributed by atoms with van der Waals surface area (Å²) < 4.78 is 29.6. The van der Waals surface area contributed by atoms with E-state index in [1.165, 1.54) is 0 Å². The first-order chi connectivity index (χ1) is 10.2. The zero-order valence-corrected chi connectivity index (χ0v) is 11.7. The lowest BCUT2D eigenvalue weighted by Crippen LogP contribution is -2.35. The van der Waals surface area contributed by atoms with E-state index in [0.717, 1.165) is 18.3 Å². The average molecular weight is 294 g/mol. The van der Waals surface area contributed by atoms with E-state index in [0.29, 0.717) is 26.2 Å². The van der Waals surface area contributed by atoms with E-state index in [-0.39, 0.29) is 11.6 Å². The highest BCUT2D eigenvalue weighted by atomic mass is 19.1. The Morgan fingerprint density at radius 2 is 2.14 bits per heavy atom. The molecular weight excluding hydrogens is 278 g/mol. The van der Waals surface area contributed by atoms with Gasteiger partial charge in [-0.3, -0.25) is 0 Å². The Kier molecular flexibility index (Phi) is 3.68. The minimum atomic E-state index is -0.676. The van der Waals surface area contributed by atoms with E-state index in [9.17, 15) is 8.78 Å². The molecule has 2 aromatic heterocycles. The standard InChI is InChI=1S/C13H16F2N6/c1-2-3-16-12-9(14)6-10(15)13(18-12)20-4-5-21-8-17-19-11(21)7-20/h6,8H,2-5,7H2,1H3,(H,16,18). The number of nitrogens with zero attached hydrogens (tertiary/aromatic N) is 5. The predicted molar refractivity (Wildman–Crippen MR) is 74.0 cm³/mol. The first-order valence-corrected chi connectivity index (χ1v) is 6.90. The van der Waals surface area contributed by atoms with E-state index in [1.807, 2.05) is 11.5 Å². The van der Waals surface area contributed by atoms with Crippen molar-refractivity contribution in [2.75, 3.05) is 23.3 Å². The summed E-state index contributed by atoms with van der Waals surface area (Å²) in [7, 11) is 0. The monoisotopic (exact) mass is 294 g/mol. The topological polar surface area (TPSA) is 58.9 Å². The predicted octanol–water partition coefficient (Wildman–Crippen LogP) is 1.79. The summed E-state index contributed by atoms with van der Waals surface area (Å²) in [5.74, 6) is -0.369. The quantitative estimate of drug-likeness (QED) is 0.931. The van der Waals surface area contributed by atoms with Gasteiger partial charge in [-0.05, 0) is 6.42 Å². The normalized spacial score (nSPS) is 14.1. The highest BCUT2D eigenvalue weighted by Crippen LogP contribution is 2.25. The Hall–Kier alpha value is -2.25. The van der Waals surface area contributed by atoms with Gasteiger partial charge in [0.1, 0.15) is 6.33 Å². The molecule has 8 heteroatoms. The minimum Gasteiger partial charge on any atom is -0.368 e. The average Bonchev–Trinajstić information content (AvgIpc) is 2.94. The molecule has 0 unspecified atom stereocenters. The number of hydrogen-bond donors (Lipinski definition) is 1.